The average molecular weight is 402 g/mol. The van der Waals surface area contributed by atoms with Crippen molar-refractivity contribution in [1.82, 2.24) is 9.21 Å². The van der Waals surface area contributed by atoms with E-state index in [9.17, 15) is 13.2 Å². The second-order valence-corrected chi connectivity index (χ2v) is 8.94. The van der Waals surface area contributed by atoms with Crippen molar-refractivity contribution >= 4 is 28.3 Å². The first-order valence-electron chi connectivity index (χ1n) is 9.09. The minimum atomic E-state index is -3.41. The van der Waals surface area contributed by atoms with E-state index in [0.717, 1.165) is 37.7 Å². The fourth-order valence-corrected chi connectivity index (χ4v) is 4.99. The van der Waals surface area contributed by atoms with Gasteiger partial charge in [0.15, 0.2) is 0 Å². The van der Waals surface area contributed by atoms with Crippen LogP contribution in [0.2, 0.25) is 0 Å². The number of nitrogens with two attached hydrogens (primary N) is 1. The van der Waals surface area contributed by atoms with Crippen LogP contribution in [0, 0.1) is 0 Å². The van der Waals surface area contributed by atoms with Gasteiger partial charge in [-0.2, -0.15) is 4.31 Å². The van der Waals surface area contributed by atoms with Gasteiger partial charge in [0.25, 0.3) is 0 Å². The van der Waals surface area contributed by atoms with Crippen LogP contribution in [0.4, 0.5) is 0 Å². The van der Waals surface area contributed by atoms with E-state index < -0.39 is 10.0 Å². The van der Waals surface area contributed by atoms with Gasteiger partial charge in [-0.25, -0.2) is 8.42 Å². The third kappa shape index (κ3) is 4.97. The van der Waals surface area contributed by atoms with Crippen LogP contribution in [-0.4, -0.2) is 55.8 Å². The number of hydrogen-bond acceptors (Lipinski definition) is 4. The normalized spacial score (nSPS) is 19.8. The van der Waals surface area contributed by atoms with Crippen molar-refractivity contribution in [3.8, 4) is 0 Å². The number of carbonyl (C=O) groups is 1. The zero-order valence-corrected chi connectivity index (χ0v) is 16.6. The number of hydrogen-bond donors (Lipinski definition) is 1. The maximum Gasteiger partial charge on any atom is 0.243 e. The summed E-state index contributed by atoms with van der Waals surface area (Å²) in [7, 11) is -3.41. The second kappa shape index (κ2) is 9.17. The van der Waals surface area contributed by atoms with E-state index in [2.05, 4.69) is 0 Å². The summed E-state index contributed by atoms with van der Waals surface area (Å²) in [4.78, 5) is 14.5. The largest absolute Gasteiger partial charge is 0.342 e. The van der Waals surface area contributed by atoms with Crippen molar-refractivity contribution in [2.75, 3.05) is 26.2 Å². The lowest BCUT2D eigenvalue weighted by Gasteiger charge is -2.30. The zero-order chi connectivity index (χ0) is 17.9. The number of likely N-dealkylation sites (tertiary alicyclic amines) is 1. The SMILES string of the molecule is Cl.NC1CCN(C(=O)Cc2ccc(S(=O)(=O)N3CCCCC3)cc2)CC1. The Morgan fingerprint density at radius 2 is 1.58 bits per heavy atom. The smallest absolute Gasteiger partial charge is 0.243 e. The number of nitrogens with zero attached hydrogens (tertiary/aromatic N) is 2. The van der Waals surface area contributed by atoms with Crippen LogP contribution in [0.3, 0.4) is 0 Å². The molecule has 1 aromatic rings. The van der Waals surface area contributed by atoms with Gasteiger partial charge in [-0.15, -0.1) is 12.4 Å². The highest BCUT2D eigenvalue weighted by molar-refractivity contribution is 7.89. The third-order valence-corrected chi connectivity index (χ3v) is 7.04. The molecule has 2 aliphatic rings. The molecule has 26 heavy (non-hydrogen) atoms. The molecule has 0 aromatic heterocycles. The van der Waals surface area contributed by atoms with E-state index >= 15 is 0 Å². The maximum absolute atomic E-state index is 12.6. The lowest BCUT2D eigenvalue weighted by molar-refractivity contribution is -0.131. The fourth-order valence-electron chi connectivity index (χ4n) is 3.47. The molecule has 0 bridgehead atoms. The van der Waals surface area contributed by atoms with Gasteiger partial charge in [-0.3, -0.25) is 4.79 Å². The Labute approximate surface area is 162 Å². The molecule has 3 rings (SSSR count). The van der Waals surface area contributed by atoms with E-state index in [0.29, 0.717) is 37.5 Å². The standard InChI is InChI=1S/C18H27N3O3S.ClH/c19-16-8-12-20(13-9-16)18(22)14-15-4-6-17(7-5-15)25(23,24)21-10-2-1-3-11-21;/h4-7,16H,1-3,8-14,19H2;1H. The van der Waals surface area contributed by atoms with Crippen LogP contribution < -0.4 is 5.73 Å². The summed E-state index contributed by atoms with van der Waals surface area (Å²) in [5.74, 6) is 0.0820. The third-order valence-electron chi connectivity index (χ3n) is 5.12. The predicted molar refractivity (Wildman–Crippen MR) is 104 cm³/mol. The van der Waals surface area contributed by atoms with Crippen molar-refractivity contribution < 1.29 is 13.2 Å². The molecular formula is C18H28ClN3O3S. The quantitative estimate of drug-likeness (QED) is 0.833. The first kappa shape index (κ1) is 21.2. The summed E-state index contributed by atoms with van der Waals surface area (Å²) in [6, 6.07) is 6.95. The average Bonchev–Trinajstić information content (AvgIpc) is 2.63. The first-order valence-corrected chi connectivity index (χ1v) is 10.5. The molecule has 6 nitrogen and oxygen atoms in total. The van der Waals surface area contributed by atoms with Crippen molar-refractivity contribution in [1.29, 1.82) is 0 Å². The molecule has 2 fully saturated rings. The van der Waals surface area contributed by atoms with Crippen molar-refractivity contribution in [3.63, 3.8) is 0 Å². The summed E-state index contributed by atoms with van der Waals surface area (Å²) in [6.07, 6.45) is 4.93. The maximum atomic E-state index is 12.6. The van der Waals surface area contributed by atoms with E-state index in [1.807, 2.05) is 4.90 Å². The number of piperidine rings is 2. The first-order chi connectivity index (χ1) is 12.0. The van der Waals surface area contributed by atoms with Crippen molar-refractivity contribution in [2.45, 2.75) is 49.5 Å². The predicted octanol–water partition coefficient (Wildman–Crippen LogP) is 1.78. The number of amides is 1. The lowest BCUT2D eigenvalue weighted by atomic mass is 10.0. The van der Waals surface area contributed by atoms with E-state index in [-0.39, 0.29) is 24.4 Å². The lowest BCUT2D eigenvalue weighted by Crippen LogP contribution is -2.43. The van der Waals surface area contributed by atoms with Gasteiger partial charge in [0.05, 0.1) is 11.3 Å². The molecule has 8 heteroatoms. The van der Waals surface area contributed by atoms with Crippen LogP contribution in [-0.2, 0) is 21.2 Å². The van der Waals surface area contributed by atoms with Crippen LogP contribution in [0.1, 0.15) is 37.7 Å². The van der Waals surface area contributed by atoms with E-state index in [1.165, 1.54) is 0 Å². The molecule has 146 valence electrons. The Balaban J connectivity index is 0.00000243. The Hall–Kier alpha value is -1.15. The van der Waals surface area contributed by atoms with Gasteiger partial charge >= 0.3 is 0 Å². The van der Waals surface area contributed by atoms with Crippen molar-refractivity contribution in [2.24, 2.45) is 5.73 Å². The van der Waals surface area contributed by atoms with E-state index in [4.69, 9.17) is 5.73 Å². The zero-order valence-electron chi connectivity index (χ0n) is 15.0. The van der Waals surface area contributed by atoms with Gasteiger partial charge in [0, 0.05) is 32.2 Å². The summed E-state index contributed by atoms with van der Waals surface area (Å²) in [6.45, 7) is 2.61. The molecule has 2 N–H and O–H groups in total. The topological polar surface area (TPSA) is 83.7 Å². The van der Waals surface area contributed by atoms with Crippen LogP contribution in [0.15, 0.2) is 29.2 Å². The molecule has 1 aromatic carbocycles. The van der Waals surface area contributed by atoms with Gasteiger partial charge in [0.1, 0.15) is 0 Å². The molecule has 0 aliphatic carbocycles. The summed E-state index contributed by atoms with van der Waals surface area (Å²) < 4.78 is 26.8. The Kier molecular flexibility index (Phi) is 7.46. The number of rotatable bonds is 4. The molecule has 0 radical (unpaired) electrons. The van der Waals surface area contributed by atoms with Gasteiger partial charge in [0.2, 0.25) is 15.9 Å². The molecular weight excluding hydrogens is 374 g/mol. The number of carbonyl (C=O) groups excluding carboxylic acids is 1. The molecule has 0 unspecified atom stereocenters. The van der Waals surface area contributed by atoms with Crippen LogP contribution >= 0.6 is 12.4 Å². The Bertz CT molecular complexity index is 695. The summed E-state index contributed by atoms with van der Waals surface area (Å²) >= 11 is 0. The Morgan fingerprint density at radius 1 is 1.00 bits per heavy atom. The highest BCUT2D eigenvalue weighted by atomic mass is 35.5. The minimum Gasteiger partial charge on any atom is -0.342 e. The van der Waals surface area contributed by atoms with E-state index in [1.54, 1.807) is 28.6 Å². The highest BCUT2D eigenvalue weighted by Crippen LogP contribution is 2.21. The van der Waals surface area contributed by atoms with Crippen molar-refractivity contribution in [3.05, 3.63) is 29.8 Å². The number of halogens is 1. The van der Waals surface area contributed by atoms with Gasteiger partial charge < -0.3 is 10.6 Å². The number of benzene rings is 1. The van der Waals surface area contributed by atoms with Gasteiger partial charge in [-0.1, -0.05) is 18.6 Å². The summed E-state index contributed by atoms with van der Waals surface area (Å²) in [5.41, 5.74) is 6.71. The molecule has 2 heterocycles. The molecule has 0 spiro atoms. The molecule has 1 amide bonds. The number of sulfonamides is 1. The molecule has 0 saturated carbocycles. The fraction of sp³-hybridized carbons (Fsp3) is 0.611. The molecule has 0 atom stereocenters. The highest BCUT2D eigenvalue weighted by Gasteiger charge is 2.26. The molecule has 2 saturated heterocycles. The van der Waals surface area contributed by atoms with Gasteiger partial charge in [-0.05, 0) is 43.4 Å². The second-order valence-electron chi connectivity index (χ2n) is 7.00. The van der Waals surface area contributed by atoms with Crippen LogP contribution in [0.25, 0.3) is 0 Å². The van der Waals surface area contributed by atoms with Crippen LogP contribution in [0.5, 0.6) is 0 Å². The Morgan fingerprint density at radius 3 is 2.15 bits per heavy atom. The molecule has 2 aliphatic heterocycles. The minimum absolute atomic E-state index is 0. The summed E-state index contributed by atoms with van der Waals surface area (Å²) in [5, 5.41) is 0. The monoisotopic (exact) mass is 401 g/mol.